The number of fused-ring (bicyclic) bond motifs is 1. The van der Waals surface area contributed by atoms with Gasteiger partial charge in [0.15, 0.2) is 6.61 Å². The van der Waals surface area contributed by atoms with Gasteiger partial charge in [0.25, 0.3) is 5.91 Å². The summed E-state index contributed by atoms with van der Waals surface area (Å²) in [7, 11) is 0. The Labute approximate surface area is 166 Å². The highest BCUT2D eigenvalue weighted by Gasteiger charge is 2.19. The van der Waals surface area contributed by atoms with E-state index in [1.165, 1.54) is 0 Å². The van der Waals surface area contributed by atoms with Crippen LogP contribution in [0.2, 0.25) is 10.0 Å². The smallest absolute Gasteiger partial charge is 0.338 e. The molecule has 0 saturated heterocycles. The average Bonchev–Trinajstić information content (AvgIpc) is 2.67. The lowest BCUT2D eigenvalue weighted by atomic mass is 10.1. The van der Waals surface area contributed by atoms with Crippen molar-refractivity contribution in [2.45, 2.75) is 13.0 Å². The van der Waals surface area contributed by atoms with Gasteiger partial charge in [-0.05, 0) is 36.8 Å². The van der Waals surface area contributed by atoms with Gasteiger partial charge in [0.05, 0.1) is 21.7 Å². The lowest BCUT2D eigenvalue weighted by Crippen LogP contribution is -2.31. The molecule has 1 aliphatic rings. The Balaban J connectivity index is 1.54. The number of nitrogens with one attached hydrogen (secondary N) is 1. The van der Waals surface area contributed by atoms with Crippen LogP contribution in [0.5, 0.6) is 5.75 Å². The molecule has 1 atom stereocenters. The van der Waals surface area contributed by atoms with Crippen LogP contribution in [-0.2, 0) is 14.3 Å². The summed E-state index contributed by atoms with van der Waals surface area (Å²) < 4.78 is 10.6. The van der Waals surface area contributed by atoms with Crippen LogP contribution >= 0.6 is 23.2 Å². The molecule has 1 N–H and O–H groups in total. The van der Waals surface area contributed by atoms with Gasteiger partial charge >= 0.3 is 5.97 Å². The van der Waals surface area contributed by atoms with Crippen molar-refractivity contribution in [1.29, 1.82) is 0 Å². The highest BCUT2D eigenvalue weighted by atomic mass is 35.5. The van der Waals surface area contributed by atoms with E-state index in [0.717, 1.165) is 11.1 Å². The van der Waals surface area contributed by atoms with Crippen LogP contribution in [0.25, 0.3) is 6.08 Å². The summed E-state index contributed by atoms with van der Waals surface area (Å²) in [5.41, 5.74) is 1.96. The third kappa shape index (κ3) is 4.81. The number of rotatable bonds is 5. The average molecular weight is 406 g/mol. The summed E-state index contributed by atoms with van der Waals surface area (Å²) in [4.78, 5) is 24.2. The third-order valence-electron chi connectivity index (χ3n) is 4.05. The van der Waals surface area contributed by atoms with Gasteiger partial charge in [-0.2, -0.15) is 0 Å². The predicted molar refractivity (Wildman–Crippen MR) is 104 cm³/mol. The number of esters is 1. The summed E-state index contributed by atoms with van der Waals surface area (Å²) in [6.07, 6.45) is 1.71. The molecule has 2 aromatic rings. The topological polar surface area (TPSA) is 64.6 Å². The lowest BCUT2D eigenvalue weighted by molar-refractivity contribution is -0.145. The first kappa shape index (κ1) is 19.3. The van der Waals surface area contributed by atoms with E-state index in [-0.39, 0.29) is 19.3 Å². The molecule has 7 heteroatoms. The van der Waals surface area contributed by atoms with E-state index >= 15 is 0 Å². The Bertz CT molecular complexity index is 911. The van der Waals surface area contributed by atoms with Gasteiger partial charge in [-0.3, -0.25) is 4.79 Å². The monoisotopic (exact) mass is 405 g/mol. The zero-order chi connectivity index (χ0) is 19.4. The van der Waals surface area contributed by atoms with Crippen LogP contribution < -0.4 is 10.1 Å². The lowest BCUT2D eigenvalue weighted by Gasteiger charge is -2.18. The highest BCUT2D eigenvalue weighted by molar-refractivity contribution is 6.42. The van der Waals surface area contributed by atoms with Crippen LogP contribution in [0, 0.1) is 0 Å². The van der Waals surface area contributed by atoms with E-state index in [0.29, 0.717) is 21.4 Å². The first-order valence-electron chi connectivity index (χ1n) is 8.28. The number of para-hydroxylation sites is 1. The van der Waals surface area contributed by atoms with Gasteiger partial charge in [-0.15, -0.1) is 0 Å². The first-order chi connectivity index (χ1) is 12.9. The largest absolute Gasteiger partial charge is 0.488 e. The molecule has 0 unspecified atom stereocenters. The second-order valence-electron chi connectivity index (χ2n) is 6.03. The zero-order valence-corrected chi connectivity index (χ0v) is 16.0. The SMILES string of the molecule is C[C@H](NC(=O)COC(=O)C1=Cc2ccccc2OC1)c1ccc(Cl)c(Cl)c1. The van der Waals surface area contributed by atoms with Crippen molar-refractivity contribution >= 4 is 41.2 Å². The van der Waals surface area contributed by atoms with Crippen molar-refractivity contribution in [3.05, 3.63) is 69.2 Å². The number of carbonyl (C=O) groups excluding carboxylic acids is 2. The molecule has 3 rings (SSSR count). The van der Waals surface area contributed by atoms with Crippen molar-refractivity contribution < 1.29 is 19.1 Å². The van der Waals surface area contributed by atoms with Gasteiger partial charge in [-0.1, -0.05) is 47.5 Å². The number of hydrogen-bond donors (Lipinski definition) is 1. The highest BCUT2D eigenvalue weighted by Crippen LogP contribution is 2.27. The number of halogens is 2. The van der Waals surface area contributed by atoms with Crippen LogP contribution in [0.3, 0.4) is 0 Å². The zero-order valence-electron chi connectivity index (χ0n) is 14.5. The van der Waals surface area contributed by atoms with Gasteiger partial charge in [0.2, 0.25) is 0 Å². The first-order valence-corrected chi connectivity index (χ1v) is 9.03. The molecular weight excluding hydrogens is 389 g/mol. The molecule has 0 radical (unpaired) electrons. The number of benzene rings is 2. The Hall–Kier alpha value is -2.50. The fourth-order valence-corrected chi connectivity index (χ4v) is 2.91. The van der Waals surface area contributed by atoms with Crippen LogP contribution in [0.4, 0.5) is 0 Å². The van der Waals surface area contributed by atoms with Gasteiger partial charge in [-0.25, -0.2) is 4.79 Å². The standard InChI is InChI=1S/C20H17Cl2NO4/c1-12(13-6-7-16(21)17(22)9-13)23-19(24)11-27-20(25)15-8-14-4-2-3-5-18(14)26-10-15/h2-9,12H,10-11H2,1H3,(H,23,24)/t12-/m0/s1. The number of hydrogen-bond acceptors (Lipinski definition) is 4. The maximum atomic E-state index is 12.2. The van der Waals surface area contributed by atoms with Crippen molar-refractivity contribution in [3.8, 4) is 5.75 Å². The van der Waals surface area contributed by atoms with Gasteiger partial charge < -0.3 is 14.8 Å². The summed E-state index contributed by atoms with van der Waals surface area (Å²) in [5.74, 6) is -0.288. The molecule has 0 aromatic heterocycles. The normalized spacial score (nSPS) is 13.7. The van der Waals surface area contributed by atoms with Gasteiger partial charge in [0.1, 0.15) is 12.4 Å². The molecule has 0 fully saturated rings. The second kappa shape index (κ2) is 8.46. The Morgan fingerprint density at radius 2 is 1.96 bits per heavy atom. The van der Waals surface area contributed by atoms with Crippen molar-refractivity contribution in [1.82, 2.24) is 5.32 Å². The van der Waals surface area contributed by atoms with E-state index in [1.54, 1.807) is 31.2 Å². The van der Waals surface area contributed by atoms with Crippen molar-refractivity contribution in [2.24, 2.45) is 0 Å². The molecule has 1 heterocycles. The predicted octanol–water partition coefficient (Wildman–Crippen LogP) is 4.19. The molecule has 0 spiro atoms. The summed E-state index contributed by atoms with van der Waals surface area (Å²) in [5, 5.41) is 3.60. The van der Waals surface area contributed by atoms with E-state index in [4.69, 9.17) is 32.7 Å². The molecule has 2 aromatic carbocycles. The molecule has 0 saturated carbocycles. The molecule has 1 amide bonds. The second-order valence-corrected chi connectivity index (χ2v) is 6.85. The quantitative estimate of drug-likeness (QED) is 0.757. The Morgan fingerprint density at radius 1 is 1.19 bits per heavy atom. The molecule has 1 aliphatic heterocycles. The third-order valence-corrected chi connectivity index (χ3v) is 4.79. The van der Waals surface area contributed by atoms with E-state index in [9.17, 15) is 9.59 Å². The minimum atomic E-state index is -0.582. The Kier molecular flexibility index (Phi) is 6.04. The number of ether oxygens (including phenoxy) is 2. The summed E-state index contributed by atoms with van der Waals surface area (Å²) in [6, 6.07) is 12.2. The molecule has 0 aliphatic carbocycles. The molecule has 140 valence electrons. The van der Waals surface area contributed by atoms with Gasteiger partial charge in [0, 0.05) is 5.56 Å². The minimum Gasteiger partial charge on any atom is -0.488 e. The number of amides is 1. The molecule has 0 bridgehead atoms. The number of carbonyl (C=O) groups is 2. The van der Waals surface area contributed by atoms with Crippen LogP contribution in [0.1, 0.15) is 24.1 Å². The fraction of sp³-hybridized carbons (Fsp3) is 0.200. The summed E-state index contributed by atoms with van der Waals surface area (Å²) in [6.45, 7) is 1.52. The molecule has 5 nitrogen and oxygen atoms in total. The Morgan fingerprint density at radius 3 is 2.74 bits per heavy atom. The minimum absolute atomic E-state index is 0.108. The van der Waals surface area contributed by atoms with E-state index < -0.39 is 11.9 Å². The molecular formula is C20H17Cl2NO4. The maximum Gasteiger partial charge on any atom is 0.338 e. The van der Waals surface area contributed by atoms with E-state index in [2.05, 4.69) is 5.32 Å². The van der Waals surface area contributed by atoms with Crippen LogP contribution in [0.15, 0.2) is 48.0 Å². The fourth-order valence-electron chi connectivity index (χ4n) is 2.61. The van der Waals surface area contributed by atoms with Crippen molar-refractivity contribution in [3.63, 3.8) is 0 Å². The van der Waals surface area contributed by atoms with Crippen molar-refractivity contribution in [2.75, 3.05) is 13.2 Å². The van der Waals surface area contributed by atoms with E-state index in [1.807, 2.05) is 24.3 Å². The molecule has 27 heavy (non-hydrogen) atoms. The summed E-state index contributed by atoms with van der Waals surface area (Å²) >= 11 is 11.9. The van der Waals surface area contributed by atoms with Crippen LogP contribution in [-0.4, -0.2) is 25.1 Å². The maximum absolute atomic E-state index is 12.2.